The summed E-state index contributed by atoms with van der Waals surface area (Å²) in [6.45, 7) is 6.07. The lowest BCUT2D eigenvalue weighted by atomic mass is 9.87. The third-order valence-corrected chi connectivity index (χ3v) is 6.65. The predicted octanol–water partition coefficient (Wildman–Crippen LogP) is 4.84. The van der Waals surface area contributed by atoms with Crippen LogP contribution in [0.2, 0.25) is 0 Å². The predicted molar refractivity (Wildman–Crippen MR) is 128 cm³/mol. The molecule has 3 aromatic heterocycles. The van der Waals surface area contributed by atoms with Crippen LogP contribution in [0.4, 0.5) is 5.82 Å². The van der Waals surface area contributed by atoms with Gasteiger partial charge >= 0.3 is 0 Å². The molecule has 0 saturated heterocycles. The molecule has 1 aliphatic rings. The summed E-state index contributed by atoms with van der Waals surface area (Å²) in [5, 5.41) is 13.1. The highest BCUT2D eigenvalue weighted by molar-refractivity contribution is 5.91. The number of carbonyl (C=O) groups is 1. The highest BCUT2D eigenvalue weighted by atomic mass is 16.1. The first-order chi connectivity index (χ1) is 16.0. The third-order valence-electron chi connectivity index (χ3n) is 6.65. The Bertz CT molecular complexity index is 1310. The molecule has 1 amide bonds. The van der Waals surface area contributed by atoms with E-state index in [1.165, 1.54) is 31.2 Å². The molecule has 170 valence electrons. The van der Waals surface area contributed by atoms with Gasteiger partial charge in [0.1, 0.15) is 12.1 Å². The number of fused-ring (bicyclic) bond motifs is 1. The Morgan fingerprint density at radius 3 is 2.73 bits per heavy atom. The van der Waals surface area contributed by atoms with Gasteiger partial charge in [-0.25, -0.2) is 14.6 Å². The number of rotatable bonds is 5. The molecular weight excluding hydrogens is 414 g/mol. The number of aryl methyl sites for hydroxylation is 2. The van der Waals surface area contributed by atoms with E-state index in [9.17, 15) is 4.79 Å². The van der Waals surface area contributed by atoms with E-state index in [4.69, 9.17) is 0 Å². The molecule has 0 atom stereocenters. The van der Waals surface area contributed by atoms with E-state index in [-0.39, 0.29) is 5.91 Å². The van der Waals surface area contributed by atoms with E-state index in [0.29, 0.717) is 29.6 Å². The molecule has 8 nitrogen and oxygen atoms in total. The second-order valence-corrected chi connectivity index (χ2v) is 9.05. The number of aromatic nitrogens is 6. The topological polar surface area (TPSA) is 90.5 Å². The van der Waals surface area contributed by atoms with Gasteiger partial charge in [-0.3, -0.25) is 4.79 Å². The van der Waals surface area contributed by atoms with Gasteiger partial charge in [-0.05, 0) is 56.7 Å². The average molecular weight is 444 g/mol. The molecule has 1 fully saturated rings. The van der Waals surface area contributed by atoms with Crippen molar-refractivity contribution in [1.82, 2.24) is 29.5 Å². The molecule has 1 saturated carbocycles. The summed E-state index contributed by atoms with van der Waals surface area (Å²) in [7, 11) is 0. The van der Waals surface area contributed by atoms with E-state index in [1.807, 2.05) is 29.8 Å². The first-order valence-corrected chi connectivity index (χ1v) is 11.6. The van der Waals surface area contributed by atoms with Crippen molar-refractivity contribution in [2.45, 2.75) is 59.3 Å². The van der Waals surface area contributed by atoms with Gasteiger partial charge in [-0.1, -0.05) is 31.4 Å². The van der Waals surface area contributed by atoms with Crippen LogP contribution in [0.5, 0.6) is 0 Å². The Hall–Kier alpha value is -3.55. The molecule has 0 unspecified atom stereocenters. The minimum absolute atomic E-state index is 0.0273. The molecule has 1 aliphatic carbocycles. The summed E-state index contributed by atoms with van der Waals surface area (Å²) >= 11 is 0. The Morgan fingerprint density at radius 2 is 1.91 bits per heavy atom. The van der Waals surface area contributed by atoms with E-state index < -0.39 is 0 Å². The quantitative estimate of drug-likeness (QED) is 0.477. The van der Waals surface area contributed by atoms with Crippen LogP contribution >= 0.6 is 0 Å². The van der Waals surface area contributed by atoms with Gasteiger partial charge in [0.2, 0.25) is 5.91 Å². The smallest absolute Gasteiger partial charge is 0.225 e. The zero-order valence-corrected chi connectivity index (χ0v) is 19.4. The molecular formula is C25H29N7O. The maximum Gasteiger partial charge on any atom is 0.225 e. The van der Waals surface area contributed by atoms with Crippen LogP contribution in [0.3, 0.4) is 0 Å². The number of hydrogen-bond acceptors (Lipinski definition) is 5. The Morgan fingerprint density at radius 1 is 1.09 bits per heavy atom. The van der Waals surface area contributed by atoms with E-state index in [2.05, 4.69) is 45.4 Å². The van der Waals surface area contributed by atoms with Crippen LogP contribution in [-0.4, -0.2) is 35.4 Å². The second kappa shape index (κ2) is 8.77. The fourth-order valence-corrected chi connectivity index (χ4v) is 4.74. The summed E-state index contributed by atoms with van der Waals surface area (Å²) in [5.74, 6) is 1.71. The van der Waals surface area contributed by atoms with Gasteiger partial charge in [-0.15, -0.1) is 0 Å². The van der Waals surface area contributed by atoms with Crippen molar-refractivity contribution in [2.24, 2.45) is 5.92 Å². The molecule has 4 aromatic rings. The van der Waals surface area contributed by atoms with E-state index >= 15 is 0 Å². The van der Waals surface area contributed by atoms with Gasteiger partial charge in [-0.2, -0.15) is 14.9 Å². The first kappa shape index (κ1) is 21.3. The maximum absolute atomic E-state index is 12.8. The van der Waals surface area contributed by atoms with Crippen LogP contribution in [0, 0.1) is 26.7 Å². The molecule has 8 heteroatoms. The van der Waals surface area contributed by atoms with E-state index in [0.717, 1.165) is 35.2 Å². The molecule has 5 rings (SSSR count). The molecule has 0 aliphatic heterocycles. The van der Waals surface area contributed by atoms with Crippen LogP contribution < -0.4 is 5.32 Å². The zero-order chi connectivity index (χ0) is 22.9. The van der Waals surface area contributed by atoms with E-state index in [1.54, 1.807) is 10.9 Å². The summed E-state index contributed by atoms with van der Waals surface area (Å²) < 4.78 is 3.52. The summed E-state index contributed by atoms with van der Waals surface area (Å²) in [6, 6.07) is 8.01. The lowest BCUT2D eigenvalue weighted by Gasteiger charge is -2.20. The van der Waals surface area contributed by atoms with Crippen LogP contribution in [0.15, 0.2) is 36.8 Å². The molecule has 33 heavy (non-hydrogen) atoms. The normalized spacial score (nSPS) is 14.6. The number of carbonyl (C=O) groups excluding carboxylic acids is 1. The van der Waals surface area contributed by atoms with Crippen molar-refractivity contribution in [3.05, 3.63) is 53.6 Å². The number of nitrogens with zero attached hydrogens (tertiary/aromatic N) is 6. The number of anilines is 1. The van der Waals surface area contributed by atoms with Crippen molar-refractivity contribution in [1.29, 1.82) is 0 Å². The van der Waals surface area contributed by atoms with Crippen molar-refractivity contribution in [3.8, 4) is 11.5 Å². The van der Waals surface area contributed by atoms with Crippen LogP contribution in [0.1, 0.15) is 55.3 Å². The van der Waals surface area contributed by atoms with Gasteiger partial charge < -0.3 is 5.32 Å². The first-order valence-electron chi connectivity index (χ1n) is 11.6. The SMILES string of the molecule is Cc1cc(NC(=O)CC2CCCCC2)n(-c2ncnc3c2cnn3-c2cccc(C)c2C)n1. The second-order valence-electron chi connectivity index (χ2n) is 9.05. The Balaban J connectivity index is 1.49. The summed E-state index contributed by atoms with van der Waals surface area (Å²) in [4.78, 5) is 21.8. The maximum atomic E-state index is 12.8. The lowest BCUT2D eigenvalue weighted by molar-refractivity contribution is -0.117. The van der Waals surface area contributed by atoms with Crippen molar-refractivity contribution >= 4 is 22.8 Å². The van der Waals surface area contributed by atoms with Crippen molar-refractivity contribution < 1.29 is 4.79 Å². The number of hydrogen-bond donors (Lipinski definition) is 1. The molecule has 1 aromatic carbocycles. The number of nitrogens with one attached hydrogen (secondary N) is 1. The third kappa shape index (κ3) is 4.13. The largest absolute Gasteiger partial charge is 0.311 e. The minimum atomic E-state index is 0.0273. The fourth-order valence-electron chi connectivity index (χ4n) is 4.74. The Labute approximate surface area is 193 Å². The van der Waals surface area contributed by atoms with Crippen molar-refractivity contribution in [3.63, 3.8) is 0 Å². The standard InChI is InChI=1S/C25H29N7O/c1-16-8-7-11-21(18(16)3)31-24-20(14-28-31)25(27-15-26-24)32-22(12-17(2)30-32)29-23(33)13-19-9-5-4-6-10-19/h7-8,11-12,14-15,19H,4-6,9-10,13H2,1-3H3,(H,29,33). The average Bonchev–Trinajstić information content (AvgIpc) is 3.39. The number of benzene rings is 1. The molecule has 3 heterocycles. The van der Waals surface area contributed by atoms with Crippen molar-refractivity contribution in [2.75, 3.05) is 5.32 Å². The van der Waals surface area contributed by atoms with Gasteiger partial charge in [0.25, 0.3) is 0 Å². The van der Waals surface area contributed by atoms with Gasteiger partial charge in [0.15, 0.2) is 11.5 Å². The van der Waals surface area contributed by atoms with Gasteiger partial charge in [0, 0.05) is 12.5 Å². The molecule has 0 spiro atoms. The van der Waals surface area contributed by atoms with Gasteiger partial charge in [0.05, 0.1) is 23.0 Å². The lowest BCUT2D eigenvalue weighted by Crippen LogP contribution is -2.20. The fraction of sp³-hybridized carbons (Fsp3) is 0.400. The molecule has 0 bridgehead atoms. The monoisotopic (exact) mass is 443 g/mol. The minimum Gasteiger partial charge on any atom is -0.311 e. The highest BCUT2D eigenvalue weighted by Gasteiger charge is 2.21. The Kier molecular flexibility index (Phi) is 5.66. The summed E-state index contributed by atoms with van der Waals surface area (Å²) in [5.41, 5.74) is 4.81. The molecule has 0 radical (unpaired) electrons. The van der Waals surface area contributed by atoms with Crippen LogP contribution in [0.25, 0.3) is 22.5 Å². The number of amides is 1. The highest BCUT2D eigenvalue weighted by Crippen LogP contribution is 2.28. The van der Waals surface area contributed by atoms with Crippen LogP contribution in [-0.2, 0) is 4.79 Å². The summed E-state index contributed by atoms with van der Waals surface area (Å²) in [6.07, 6.45) is 9.82. The zero-order valence-electron chi connectivity index (χ0n) is 19.4. The molecule has 1 N–H and O–H groups in total.